The molecule has 106 valence electrons. The molecule has 2 N–H and O–H groups in total. The van der Waals surface area contributed by atoms with Gasteiger partial charge in [-0.05, 0) is 35.9 Å². The van der Waals surface area contributed by atoms with Crippen LogP contribution in [0.1, 0.15) is 5.56 Å². The summed E-state index contributed by atoms with van der Waals surface area (Å²) in [7, 11) is 1.60. The molecule has 3 aromatic rings. The Morgan fingerprint density at radius 1 is 1.10 bits per heavy atom. The highest BCUT2D eigenvalue weighted by molar-refractivity contribution is 5.79. The number of rotatable bonds is 4. The van der Waals surface area contributed by atoms with E-state index in [1.807, 2.05) is 48.5 Å². The zero-order valence-corrected chi connectivity index (χ0v) is 11.7. The van der Waals surface area contributed by atoms with E-state index in [-0.39, 0.29) is 0 Å². The number of hydrogen-bond acceptors (Lipinski definition) is 4. The van der Waals surface area contributed by atoms with Crippen molar-refractivity contribution in [2.75, 3.05) is 12.8 Å². The predicted molar refractivity (Wildman–Crippen MR) is 83.5 cm³/mol. The Labute approximate surface area is 123 Å². The van der Waals surface area contributed by atoms with Crippen LogP contribution < -0.4 is 15.2 Å². The molecular weight excluding hydrogens is 264 g/mol. The zero-order valence-electron chi connectivity index (χ0n) is 11.7. The minimum atomic E-state index is 0.451. The van der Waals surface area contributed by atoms with Crippen molar-refractivity contribution < 1.29 is 9.47 Å². The summed E-state index contributed by atoms with van der Waals surface area (Å²) in [6, 6.07) is 15.5. The monoisotopic (exact) mass is 280 g/mol. The number of nitrogens with two attached hydrogens (primary N) is 1. The summed E-state index contributed by atoms with van der Waals surface area (Å²) in [5, 5.41) is 1.10. The molecule has 0 unspecified atom stereocenters. The Morgan fingerprint density at radius 3 is 2.81 bits per heavy atom. The van der Waals surface area contributed by atoms with Gasteiger partial charge in [-0.3, -0.25) is 4.98 Å². The van der Waals surface area contributed by atoms with Crippen molar-refractivity contribution in [3.05, 3.63) is 60.3 Å². The summed E-state index contributed by atoms with van der Waals surface area (Å²) in [6.07, 6.45) is 1.77. The highest BCUT2D eigenvalue weighted by Crippen LogP contribution is 2.24. The van der Waals surface area contributed by atoms with Crippen LogP contribution in [0.2, 0.25) is 0 Å². The topological polar surface area (TPSA) is 57.4 Å². The molecule has 0 aliphatic heterocycles. The quantitative estimate of drug-likeness (QED) is 0.744. The summed E-state index contributed by atoms with van der Waals surface area (Å²) in [6.45, 7) is 0.451. The van der Waals surface area contributed by atoms with Gasteiger partial charge in [0, 0.05) is 17.6 Å². The fourth-order valence-corrected chi connectivity index (χ4v) is 2.18. The fraction of sp³-hybridized carbons (Fsp3) is 0.118. The molecule has 0 saturated carbocycles. The number of hydrogen-bond donors (Lipinski definition) is 1. The summed E-state index contributed by atoms with van der Waals surface area (Å²) >= 11 is 0. The summed E-state index contributed by atoms with van der Waals surface area (Å²) < 4.78 is 10.9. The molecule has 0 aliphatic carbocycles. The van der Waals surface area contributed by atoms with E-state index in [0.29, 0.717) is 18.0 Å². The normalized spacial score (nSPS) is 10.5. The number of methoxy groups -OCH3 is 1. The zero-order chi connectivity index (χ0) is 14.7. The molecule has 1 heterocycles. The van der Waals surface area contributed by atoms with Crippen molar-refractivity contribution in [3.63, 3.8) is 0 Å². The molecule has 2 aromatic carbocycles. The van der Waals surface area contributed by atoms with Gasteiger partial charge in [0.2, 0.25) is 0 Å². The van der Waals surface area contributed by atoms with E-state index in [0.717, 1.165) is 22.2 Å². The number of benzene rings is 2. The van der Waals surface area contributed by atoms with Gasteiger partial charge in [-0.25, -0.2) is 0 Å². The van der Waals surface area contributed by atoms with Crippen LogP contribution in [0.25, 0.3) is 10.9 Å². The molecular formula is C17H16N2O2. The van der Waals surface area contributed by atoms with E-state index in [4.69, 9.17) is 15.2 Å². The van der Waals surface area contributed by atoms with Crippen molar-refractivity contribution in [1.82, 2.24) is 4.98 Å². The largest absolute Gasteiger partial charge is 0.495 e. The maximum Gasteiger partial charge on any atom is 0.141 e. The van der Waals surface area contributed by atoms with Crippen LogP contribution in [0, 0.1) is 0 Å². The Balaban J connectivity index is 1.75. The third-order valence-corrected chi connectivity index (χ3v) is 3.28. The van der Waals surface area contributed by atoms with Gasteiger partial charge in [0.1, 0.15) is 18.1 Å². The number of pyridine rings is 1. The Morgan fingerprint density at radius 2 is 2.00 bits per heavy atom. The number of fused-ring (bicyclic) bond motifs is 1. The van der Waals surface area contributed by atoms with Gasteiger partial charge in [0.05, 0.1) is 18.3 Å². The first-order chi connectivity index (χ1) is 10.3. The molecule has 3 rings (SSSR count). The molecule has 1 aromatic heterocycles. The molecule has 0 amide bonds. The van der Waals surface area contributed by atoms with Crippen LogP contribution in [0.15, 0.2) is 54.7 Å². The lowest BCUT2D eigenvalue weighted by molar-refractivity contribution is 0.306. The summed E-state index contributed by atoms with van der Waals surface area (Å²) in [5.41, 5.74) is 8.41. The smallest absolute Gasteiger partial charge is 0.141 e. The van der Waals surface area contributed by atoms with E-state index in [1.165, 1.54) is 0 Å². The lowest BCUT2D eigenvalue weighted by Gasteiger charge is -2.09. The van der Waals surface area contributed by atoms with Crippen LogP contribution in [0.3, 0.4) is 0 Å². The van der Waals surface area contributed by atoms with Gasteiger partial charge in [0.15, 0.2) is 0 Å². The van der Waals surface area contributed by atoms with Gasteiger partial charge < -0.3 is 15.2 Å². The first-order valence-corrected chi connectivity index (χ1v) is 6.66. The molecule has 0 atom stereocenters. The molecule has 4 heteroatoms. The maximum atomic E-state index is 5.88. The van der Waals surface area contributed by atoms with E-state index in [1.54, 1.807) is 13.3 Å². The van der Waals surface area contributed by atoms with Crippen molar-refractivity contribution >= 4 is 16.6 Å². The minimum Gasteiger partial charge on any atom is -0.495 e. The average Bonchev–Trinajstić information content (AvgIpc) is 2.53. The van der Waals surface area contributed by atoms with Gasteiger partial charge in [0.25, 0.3) is 0 Å². The van der Waals surface area contributed by atoms with Crippen molar-refractivity contribution in [1.29, 1.82) is 0 Å². The second-order valence-corrected chi connectivity index (χ2v) is 4.72. The SMILES string of the molecule is COc1ccc(COc2ccc3cccnc3c2)cc1N. The molecule has 0 radical (unpaired) electrons. The predicted octanol–water partition coefficient (Wildman–Crippen LogP) is 3.40. The highest BCUT2D eigenvalue weighted by Gasteiger charge is 2.03. The lowest BCUT2D eigenvalue weighted by atomic mass is 10.2. The van der Waals surface area contributed by atoms with Crippen molar-refractivity contribution in [2.45, 2.75) is 6.61 Å². The second kappa shape index (κ2) is 5.71. The number of ether oxygens (including phenoxy) is 2. The van der Waals surface area contributed by atoms with Gasteiger partial charge in [-0.15, -0.1) is 0 Å². The molecule has 0 saturated heterocycles. The van der Waals surface area contributed by atoms with Crippen molar-refractivity contribution in [2.24, 2.45) is 0 Å². The molecule has 0 fully saturated rings. The fourth-order valence-electron chi connectivity index (χ4n) is 2.18. The van der Waals surface area contributed by atoms with E-state index in [9.17, 15) is 0 Å². The lowest BCUT2D eigenvalue weighted by Crippen LogP contribution is -1.98. The molecule has 0 bridgehead atoms. The molecule has 0 aliphatic rings. The Kier molecular flexibility index (Phi) is 3.60. The molecule has 21 heavy (non-hydrogen) atoms. The second-order valence-electron chi connectivity index (χ2n) is 4.72. The average molecular weight is 280 g/mol. The van der Waals surface area contributed by atoms with Crippen LogP contribution >= 0.6 is 0 Å². The van der Waals surface area contributed by atoms with Crippen molar-refractivity contribution in [3.8, 4) is 11.5 Å². The third kappa shape index (κ3) is 2.89. The Bertz CT molecular complexity index is 772. The van der Waals surface area contributed by atoms with E-state index < -0.39 is 0 Å². The first kappa shape index (κ1) is 13.2. The number of aromatic nitrogens is 1. The standard InChI is InChI=1S/C17H16N2O2/c1-20-17-7-4-12(9-15(17)18)11-21-14-6-5-13-3-2-8-19-16(13)10-14/h2-10H,11,18H2,1H3. The van der Waals surface area contributed by atoms with E-state index in [2.05, 4.69) is 4.98 Å². The number of nitrogen functional groups attached to an aromatic ring is 1. The highest BCUT2D eigenvalue weighted by atomic mass is 16.5. The van der Waals surface area contributed by atoms with Crippen LogP contribution in [-0.4, -0.2) is 12.1 Å². The van der Waals surface area contributed by atoms with Crippen LogP contribution in [0.4, 0.5) is 5.69 Å². The molecule has 4 nitrogen and oxygen atoms in total. The molecule has 0 spiro atoms. The van der Waals surface area contributed by atoms with Crippen LogP contribution in [-0.2, 0) is 6.61 Å². The van der Waals surface area contributed by atoms with Crippen LogP contribution in [0.5, 0.6) is 11.5 Å². The first-order valence-electron chi connectivity index (χ1n) is 6.66. The minimum absolute atomic E-state index is 0.451. The van der Waals surface area contributed by atoms with Gasteiger partial charge in [-0.2, -0.15) is 0 Å². The van der Waals surface area contributed by atoms with Gasteiger partial charge >= 0.3 is 0 Å². The number of nitrogens with zero attached hydrogens (tertiary/aromatic N) is 1. The third-order valence-electron chi connectivity index (χ3n) is 3.28. The Hall–Kier alpha value is -2.75. The van der Waals surface area contributed by atoms with Gasteiger partial charge in [-0.1, -0.05) is 12.1 Å². The van der Waals surface area contributed by atoms with E-state index >= 15 is 0 Å². The number of anilines is 1. The summed E-state index contributed by atoms with van der Waals surface area (Å²) in [4.78, 5) is 4.32. The summed E-state index contributed by atoms with van der Waals surface area (Å²) in [5.74, 6) is 1.46. The maximum absolute atomic E-state index is 5.88.